The highest BCUT2D eigenvalue weighted by Gasteiger charge is 2.35. The SMILES string of the molecule is NCc1cnn(C2CS(=O)(=O)C2)c1. The minimum Gasteiger partial charge on any atom is -0.326 e. The predicted octanol–water partition coefficient (Wildman–Crippen LogP) is -0.689. The molecule has 2 rings (SSSR count). The number of rotatable bonds is 2. The molecule has 0 bridgehead atoms. The molecule has 1 aliphatic rings. The van der Waals surface area contributed by atoms with Gasteiger partial charge < -0.3 is 5.73 Å². The number of nitrogens with zero attached hydrogens (tertiary/aromatic N) is 2. The van der Waals surface area contributed by atoms with Gasteiger partial charge in [0, 0.05) is 18.3 Å². The van der Waals surface area contributed by atoms with Crippen molar-refractivity contribution in [3.63, 3.8) is 0 Å². The van der Waals surface area contributed by atoms with Gasteiger partial charge >= 0.3 is 0 Å². The molecule has 6 heteroatoms. The van der Waals surface area contributed by atoms with Crippen molar-refractivity contribution in [2.24, 2.45) is 5.73 Å². The summed E-state index contributed by atoms with van der Waals surface area (Å²) in [5.74, 6) is 0.414. The van der Waals surface area contributed by atoms with E-state index in [1.54, 1.807) is 17.1 Å². The molecular weight excluding hydrogens is 190 g/mol. The number of sulfone groups is 1. The zero-order chi connectivity index (χ0) is 9.47. The van der Waals surface area contributed by atoms with E-state index in [9.17, 15) is 8.42 Å². The Morgan fingerprint density at radius 3 is 2.77 bits per heavy atom. The van der Waals surface area contributed by atoms with Gasteiger partial charge in [0.15, 0.2) is 9.84 Å². The molecule has 1 aliphatic heterocycles. The number of hydrogen-bond acceptors (Lipinski definition) is 4. The molecule has 0 amide bonds. The van der Waals surface area contributed by atoms with Crippen molar-refractivity contribution in [3.05, 3.63) is 18.0 Å². The molecule has 0 aliphatic carbocycles. The van der Waals surface area contributed by atoms with Crippen LogP contribution in [-0.2, 0) is 16.4 Å². The normalized spacial score (nSPS) is 21.3. The molecule has 0 unspecified atom stereocenters. The summed E-state index contributed by atoms with van der Waals surface area (Å²) >= 11 is 0. The monoisotopic (exact) mass is 201 g/mol. The molecule has 0 atom stereocenters. The third-order valence-electron chi connectivity index (χ3n) is 2.16. The third-order valence-corrected chi connectivity index (χ3v) is 3.94. The molecule has 1 fully saturated rings. The molecule has 2 heterocycles. The van der Waals surface area contributed by atoms with Crippen molar-refractivity contribution in [1.29, 1.82) is 0 Å². The second-order valence-electron chi connectivity index (χ2n) is 3.26. The molecule has 0 aromatic carbocycles. The van der Waals surface area contributed by atoms with Crippen molar-refractivity contribution < 1.29 is 8.42 Å². The van der Waals surface area contributed by atoms with Gasteiger partial charge in [-0.3, -0.25) is 4.68 Å². The van der Waals surface area contributed by atoms with Crippen LogP contribution in [0.5, 0.6) is 0 Å². The standard InChI is InChI=1S/C7H11N3O2S/c8-1-6-2-9-10(3-6)7-4-13(11,12)5-7/h2-3,7H,1,4-5,8H2. The maximum Gasteiger partial charge on any atom is 0.154 e. The zero-order valence-corrected chi connectivity index (χ0v) is 7.87. The van der Waals surface area contributed by atoms with Crippen LogP contribution in [-0.4, -0.2) is 29.7 Å². The lowest BCUT2D eigenvalue weighted by Crippen LogP contribution is -2.38. The first-order valence-corrected chi connectivity index (χ1v) is 5.86. The van der Waals surface area contributed by atoms with E-state index >= 15 is 0 Å². The van der Waals surface area contributed by atoms with Gasteiger partial charge in [0.1, 0.15) is 0 Å². The van der Waals surface area contributed by atoms with Crippen LogP contribution >= 0.6 is 0 Å². The van der Waals surface area contributed by atoms with E-state index in [1.165, 1.54) is 0 Å². The highest BCUT2D eigenvalue weighted by molar-refractivity contribution is 7.92. The second kappa shape index (κ2) is 2.81. The Morgan fingerprint density at radius 2 is 2.31 bits per heavy atom. The number of nitrogens with two attached hydrogens (primary N) is 1. The first-order valence-electron chi connectivity index (χ1n) is 4.04. The summed E-state index contributed by atoms with van der Waals surface area (Å²) in [6.07, 6.45) is 3.48. The first-order chi connectivity index (χ1) is 6.11. The summed E-state index contributed by atoms with van der Waals surface area (Å²) in [7, 11) is -2.77. The van der Waals surface area contributed by atoms with E-state index in [2.05, 4.69) is 5.10 Å². The average Bonchev–Trinajstić information content (AvgIpc) is 2.47. The molecule has 0 saturated carbocycles. The van der Waals surface area contributed by atoms with Crippen LogP contribution in [0.4, 0.5) is 0 Å². The number of aromatic nitrogens is 2. The Labute approximate surface area is 76.5 Å². The highest BCUT2D eigenvalue weighted by Crippen LogP contribution is 2.22. The topological polar surface area (TPSA) is 78.0 Å². The van der Waals surface area contributed by atoms with E-state index in [0.717, 1.165) is 5.56 Å². The van der Waals surface area contributed by atoms with Crippen LogP contribution in [0.3, 0.4) is 0 Å². The van der Waals surface area contributed by atoms with E-state index in [0.29, 0.717) is 6.54 Å². The summed E-state index contributed by atoms with van der Waals surface area (Å²) in [5.41, 5.74) is 6.34. The molecule has 0 radical (unpaired) electrons. The van der Waals surface area contributed by atoms with E-state index < -0.39 is 9.84 Å². The van der Waals surface area contributed by atoms with E-state index in [4.69, 9.17) is 5.73 Å². The van der Waals surface area contributed by atoms with Crippen molar-refractivity contribution in [2.45, 2.75) is 12.6 Å². The lowest BCUT2D eigenvalue weighted by molar-refractivity contribution is 0.473. The molecule has 0 spiro atoms. The average molecular weight is 201 g/mol. The Kier molecular flexibility index (Phi) is 1.88. The van der Waals surface area contributed by atoms with Crippen LogP contribution in [0.15, 0.2) is 12.4 Å². The van der Waals surface area contributed by atoms with Gasteiger partial charge in [-0.2, -0.15) is 5.10 Å². The number of hydrogen-bond donors (Lipinski definition) is 1. The minimum absolute atomic E-state index is 0.0188. The lowest BCUT2D eigenvalue weighted by Gasteiger charge is -2.25. The molecule has 5 nitrogen and oxygen atoms in total. The van der Waals surface area contributed by atoms with Crippen molar-refractivity contribution >= 4 is 9.84 Å². The van der Waals surface area contributed by atoms with Gasteiger partial charge in [-0.1, -0.05) is 0 Å². The Morgan fingerprint density at radius 1 is 1.62 bits per heavy atom. The smallest absolute Gasteiger partial charge is 0.154 e. The quantitative estimate of drug-likeness (QED) is 0.687. The largest absolute Gasteiger partial charge is 0.326 e. The van der Waals surface area contributed by atoms with Crippen molar-refractivity contribution in [2.75, 3.05) is 11.5 Å². The molecule has 2 N–H and O–H groups in total. The van der Waals surface area contributed by atoms with Crippen LogP contribution in [0, 0.1) is 0 Å². The van der Waals surface area contributed by atoms with E-state index in [-0.39, 0.29) is 17.5 Å². The lowest BCUT2D eigenvalue weighted by atomic mass is 10.3. The summed E-state index contributed by atoms with van der Waals surface area (Å²) in [6.45, 7) is 0.444. The first kappa shape index (κ1) is 8.71. The predicted molar refractivity (Wildman–Crippen MR) is 47.8 cm³/mol. The summed E-state index contributed by atoms with van der Waals surface area (Å²) < 4.78 is 23.4. The Bertz CT molecular complexity index is 397. The maximum absolute atomic E-state index is 10.9. The summed E-state index contributed by atoms with van der Waals surface area (Å²) in [5, 5.41) is 4.05. The second-order valence-corrected chi connectivity index (χ2v) is 5.42. The van der Waals surface area contributed by atoms with Crippen LogP contribution in [0.2, 0.25) is 0 Å². The van der Waals surface area contributed by atoms with Gasteiger partial charge in [0.25, 0.3) is 0 Å². The summed E-state index contributed by atoms with van der Waals surface area (Å²) in [6, 6.07) is 0.0188. The van der Waals surface area contributed by atoms with Crippen LogP contribution in [0.25, 0.3) is 0 Å². The highest BCUT2D eigenvalue weighted by atomic mass is 32.2. The van der Waals surface area contributed by atoms with Gasteiger partial charge in [0.05, 0.1) is 23.7 Å². The fourth-order valence-electron chi connectivity index (χ4n) is 1.37. The van der Waals surface area contributed by atoms with Gasteiger partial charge in [-0.25, -0.2) is 8.42 Å². The Hall–Kier alpha value is -0.880. The third kappa shape index (κ3) is 1.59. The fourth-order valence-corrected chi connectivity index (χ4v) is 2.75. The van der Waals surface area contributed by atoms with Gasteiger partial charge in [0.2, 0.25) is 0 Å². The van der Waals surface area contributed by atoms with Gasteiger partial charge in [-0.05, 0) is 0 Å². The van der Waals surface area contributed by atoms with Crippen LogP contribution < -0.4 is 5.73 Å². The maximum atomic E-state index is 10.9. The molecule has 1 aromatic rings. The Balaban J connectivity index is 2.11. The molecular formula is C7H11N3O2S. The molecule has 1 aromatic heterocycles. The summed E-state index contributed by atoms with van der Waals surface area (Å²) in [4.78, 5) is 0. The van der Waals surface area contributed by atoms with E-state index in [1.807, 2.05) is 0 Å². The molecule has 72 valence electrons. The molecule has 13 heavy (non-hydrogen) atoms. The van der Waals surface area contributed by atoms with Gasteiger partial charge in [-0.15, -0.1) is 0 Å². The van der Waals surface area contributed by atoms with Crippen molar-refractivity contribution in [1.82, 2.24) is 9.78 Å². The van der Waals surface area contributed by atoms with Crippen LogP contribution in [0.1, 0.15) is 11.6 Å². The molecule has 1 saturated heterocycles. The zero-order valence-electron chi connectivity index (χ0n) is 7.05. The minimum atomic E-state index is -2.77. The fraction of sp³-hybridized carbons (Fsp3) is 0.571. The van der Waals surface area contributed by atoms with Crippen molar-refractivity contribution in [3.8, 4) is 0 Å².